The number of hydrogen-bond acceptors (Lipinski definition) is 3. The van der Waals surface area contributed by atoms with Crippen LogP contribution in [0.15, 0.2) is 47.8 Å². The minimum absolute atomic E-state index is 0.0312. The first-order valence-corrected chi connectivity index (χ1v) is 7.66. The summed E-state index contributed by atoms with van der Waals surface area (Å²) in [6, 6.07) is 13.7. The molecule has 4 heteroatoms. The van der Waals surface area contributed by atoms with Gasteiger partial charge in [0, 0.05) is 17.3 Å². The molecule has 0 radical (unpaired) electrons. The second-order valence-corrected chi connectivity index (χ2v) is 6.16. The quantitative estimate of drug-likeness (QED) is 0.912. The molecular weight excluding hydrogens is 270 g/mol. The van der Waals surface area contributed by atoms with E-state index in [-0.39, 0.29) is 5.92 Å². The standard InChI is InChI=1S/C16H17NO2S/c18-15(19)16(12-5-2-1-3-6-12)11-17-9-8-13(16)14-7-4-10-20-14/h1-7,10,13,17H,8-9,11H2,(H,18,19)/t13-,16+/m1/s1. The lowest BCUT2D eigenvalue weighted by Crippen LogP contribution is -2.53. The molecule has 2 N–H and O–H groups in total. The number of carboxylic acid groups (broad SMARTS) is 1. The summed E-state index contributed by atoms with van der Waals surface area (Å²) in [7, 11) is 0. The molecule has 20 heavy (non-hydrogen) atoms. The summed E-state index contributed by atoms with van der Waals surface area (Å²) in [5.41, 5.74) is 0.0165. The molecule has 1 aliphatic heterocycles. The van der Waals surface area contributed by atoms with Crippen molar-refractivity contribution in [3.05, 3.63) is 58.3 Å². The number of hydrogen-bond donors (Lipinski definition) is 2. The Morgan fingerprint density at radius 2 is 2.05 bits per heavy atom. The Bertz CT molecular complexity index is 582. The van der Waals surface area contributed by atoms with Gasteiger partial charge in [0.05, 0.1) is 0 Å². The molecule has 0 saturated carbocycles. The highest BCUT2D eigenvalue weighted by atomic mass is 32.1. The van der Waals surface area contributed by atoms with Crippen LogP contribution in [-0.2, 0) is 10.2 Å². The maximum Gasteiger partial charge on any atom is 0.316 e. The minimum Gasteiger partial charge on any atom is -0.481 e. The van der Waals surface area contributed by atoms with Gasteiger partial charge in [-0.05, 0) is 30.0 Å². The van der Waals surface area contributed by atoms with Crippen molar-refractivity contribution in [2.45, 2.75) is 17.8 Å². The van der Waals surface area contributed by atoms with Crippen molar-refractivity contribution in [1.29, 1.82) is 0 Å². The molecule has 104 valence electrons. The first kappa shape index (κ1) is 13.3. The summed E-state index contributed by atoms with van der Waals surface area (Å²) < 4.78 is 0. The number of benzene rings is 1. The zero-order valence-electron chi connectivity index (χ0n) is 11.1. The number of nitrogens with one attached hydrogen (secondary N) is 1. The van der Waals surface area contributed by atoms with Crippen molar-refractivity contribution < 1.29 is 9.90 Å². The van der Waals surface area contributed by atoms with Gasteiger partial charge in [0.25, 0.3) is 0 Å². The third kappa shape index (κ3) is 2.05. The minimum atomic E-state index is -0.871. The van der Waals surface area contributed by atoms with Gasteiger partial charge >= 0.3 is 5.97 Å². The summed E-state index contributed by atoms with van der Waals surface area (Å²) in [5.74, 6) is -0.710. The summed E-state index contributed by atoms with van der Waals surface area (Å²) >= 11 is 1.65. The highest BCUT2D eigenvalue weighted by molar-refractivity contribution is 7.10. The van der Waals surface area contributed by atoms with Gasteiger partial charge < -0.3 is 10.4 Å². The van der Waals surface area contributed by atoms with Crippen LogP contribution in [0.25, 0.3) is 0 Å². The zero-order chi connectivity index (χ0) is 14.0. The fourth-order valence-electron chi connectivity index (χ4n) is 3.16. The average molecular weight is 287 g/mol. The second kappa shape index (κ2) is 5.38. The largest absolute Gasteiger partial charge is 0.481 e. The van der Waals surface area contributed by atoms with E-state index < -0.39 is 11.4 Å². The Morgan fingerprint density at radius 3 is 2.70 bits per heavy atom. The molecule has 1 aromatic carbocycles. The van der Waals surface area contributed by atoms with Gasteiger partial charge in [-0.2, -0.15) is 0 Å². The second-order valence-electron chi connectivity index (χ2n) is 5.18. The van der Waals surface area contributed by atoms with Crippen LogP contribution in [0.1, 0.15) is 22.8 Å². The SMILES string of the molecule is O=C(O)[C@]1(c2ccccc2)CNCC[C@@H]1c1cccs1. The fraction of sp³-hybridized carbons (Fsp3) is 0.312. The zero-order valence-corrected chi connectivity index (χ0v) is 11.9. The van der Waals surface area contributed by atoms with Crippen LogP contribution < -0.4 is 5.32 Å². The van der Waals surface area contributed by atoms with Crippen molar-refractivity contribution in [2.75, 3.05) is 13.1 Å². The molecule has 0 unspecified atom stereocenters. The van der Waals surface area contributed by atoms with Gasteiger partial charge in [0.15, 0.2) is 0 Å². The number of piperidine rings is 1. The van der Waals surface area contributed by atoms with Crippen molar-refractivity contribution >= 4 is 17.3 Å². The van der Waals surface area contributed by atoms with Crippen LogP contribution in [-0.4, -0.2) is 24.2 Å². The summed E-state index contributed by atoms with van der Waals surface area (Å²) in [6.45, 7) is 1.35. The Labute approximate surface area is 122 Å². The first-order chi connectivity index (χ1) is 9.75. The van der Waals surface area contributed by atoms with Crippen molar-refractivity contribution in [2.24, 2.45) is 0 Å². The molecule has 2 aromatic rings. The van der Waals surface area contributed by atoms with Gasteiger partial charge in [-0.15, -0.1) is 11.3 Å². The average Bonchev–Trinajstić information content (AvgIpc) is 3.02. The molecule has 0 amide bonds. The van der Waals surface area contributed by atoms with E-state index in [0.717, 1.165) is 23.4 Å². The first-order valence-electron chi connectivity index (χ1n) is 6.78. The molecule has 1 saturated heterocycles. The molecule has 1 fully saturated rings. The van der Waals surface area contributed by atoms with Crippen LogP contribution in [0.4, 0.5) is 0 Å². The predicted molar refractivity (Wildman–Crippen MR) is 80.3 cm³/mol. The smallest absolute Gasteiger partial charge is 0.316 e. The van der Waals surface area contributed by atoms with Crippen LogP contribution in [0.2, 0.25) is 0 Å². The summed E-state index contributed by atoms with van der Waals surface area (Å²) in [4.78, 5) is 13.3. The molecule has 3 nitrogen and oxygen atoms in total. The molecule has 2 atom stereocenters. The molecule has 1 aliphatic rings. The lowest BCUT2D eigenvalue weighted by atomic mass is 9.66. The number of carboxylic acids is 1. The van der Waals surface area contributed by atoms with E-state index in [2.05, 4.69) is 11.4 Å². The van der Waals surface area contributed by atoms with Crippen LogP contribution in [0, 0.1) is 0 Å². The Morgan fingerprint density at radius 1 is 1.25 bits per heavy atom. The molecule has 3 rings (SSSR count). The molecule has 0 spiro atoms. The Hall–Kier alpha value is -1.65. The van der Waals surface area contributed by atoms with Crippen molar-refractivity contribution in [3.63, 3.8) is 0 Å². The maximum atomic E-state index is 12.1. The van der Waals surface area contributed by atoms with Gasteiger partial charge in [-0.3, -0.25) is 4.79 Å². The Kier molecular flexibility index (Phi) is 3.59. The van der Waals surface area contributed by atoms with Crippen LogP contribution in [0.3, 0.4) is 0 Å². The highest BCUT2D eigenvalue weighted by Crippen LogP contribution is 2.44. The fourth-order valence-corrected chi connectivity index (χ4v) is 4.12. The number of thiophene rings is 1. The highest BCUT2D eigenvalue weighted by Gasteiger charge is 2.49. The lowest BCUT2D eigenvalue weighted by Gasteiger charge is -2.41. The van der Waals surface area contributed by atoms with Gasteiger partial charge in [0.1, 0.15) is 5.41 Å². The van der Waals surface area contributed by atoms with Crippen LogP contribution >= 0.6 is 11.3 Å². The van der Waals surface area contributed by atoms with Crippen molar-refractivity contribution in [3.8, 4) is 0 Å². The molecule has 0 aliphatic carbocycles. The summed E-state index contributed by atoms with van der Waals surface area (Å²) in [6.07, 6.45) is 0.849. The van der Waals surface area contributed by atoms with E-state index in [0.29, 0.717) is 6.54 Å². The van der Waals surface area contributed by atoms with E-state index in [1.807, 2.05) is 41.8 Å². The predicted octanol–water partition coefficient (Wildman–Crippen LogP) is 2.85. The molecular formula is C16H17NO2S. The molecule has 2 heterocycles. The topological polar surface area (TPSA) is 49.3 Å². The third-order valence-electron chi connectivity index (χ3n) is 4.17. The monoisotopic (exact) mass is 287 g/mol. The van der Waals surface area contributed by atoms with E-state index in [1.165, 1.54) is 0 Å². The Balaban J connectivity index is 2.13. The van der Waals surface area contributed by atoms with E-state index >= 15 is 0 Å². The summed E-state index contributed by atoms with van der Waals surface area (Å²) in [5, 5.41) is 15.3. The van der Waals surface area contributed by atoms with E-state index in [9.17, 15) is 9.90 Å². The molecule has 0 bridgehead atoms. The number of aliphatic carboxylic acids is 1. The van der Waals surface area contributed by atoms with Gasteiger partial charge in [-0.25, -0.2) is 0 Å². The van der Waals surface area contributed by atoms with E-state index in [4.69, 9.17) is 0 Å². The number of carbonyl (C=O) groups is 1. The van der Waals surface area contributed by atoms with Gasteiger partial charge in [0.2, 0.25) is 0 Å². The normalized spacial score (nSPS) is 26.3. The van der Waals surface area contributed by atoms with E-state index in [1.54, 1.807) is 11.3 Å². The number of rotatable bonds is 3. The maximum absolute atomic E-state index is 12.1. The van der Waals surface area contributed by atoms with Gasteiger partial charge in [-0.1, -0.05) is 36.4 Å². The van der Waals surface area contributed by atoms with Crippen molar-refractivity contribution in [1.82, 2.24) is 5.32 Å². The van der Waals surface area contributed by atoms with Crippen LogP contribution in [0.5, 0.6) is 0 Å². The molecule has 1 aromatic heterocycles. The third-order valence-corrected chi connectivity index (χ3v) is 5.15. The lowest BCUT2D eigenvalue weighted by molar-refractivity contribution is -0.145.